The normalized spacial score (nSPS) is 12.2. The molecule has 6 heteroatoms. The molecule has 1 aromatic carbocycles. The number of nitrogens with one attached hydrogen (secondary N) is 1. The lowest BCUT2D eigenvalue weighted by atomic mass is 10.1. The van der Waals surface area contributed by atoms with Crippen LogP contribution >= 0.6 is 11.3 Å². The van der Waals surface area contributed by atoms with Crippen molar-refractivity contribution in [2.24, 2.45) is 0 Å². The van der Waals surface area contributed by atoms with E-state index in [1.54, 1.807) is 19.1 Å². The third kappa shape index (κ3) is 3.08. The fourth-order valence-corrected chi connectivity index (χ4v) is 2.46. The molecule has 19 heavy (non-hydrogen) atoms. The number of benzene rings is 1. The molecule has 0 fully saturated rings. The Morgan fingerprint density at radius 2 is 2.05 bits per heavy atom. The topological polar surface area (TPSA) is 68.0 Å². The smallest absolute Gasteiger partial charge is 0.263 e. The van der Waals surface area contributed by atoms with E-state index in [1.165, 1.54) is 12.1 Å². The summed E-state index contributed by atoms with van der Waals surface area (Å²) in [5.41, 5.74) is 7.02. The third-order valence-corrected chi connectivity index (χ3v) is 3.72. The van der Waals surface area contributed by atoms with Crippen molar-refractivity contribution in [3.05, 3.63) is 46.2 Å². The third-order valence-electron chi connectivity index (χ3n) is 2.74. The number of hydrogen-bond acceptors (Lipinski definition) is 4. The van der Waals surface area contributed by atoms with E-state index in [4.69, 9.17) is 5.73 Å². The van der Waals surface area contributed by atoms with Crippen LogP contribution in [-0.2, 0) is 0 Å². The predicted molar refractivity (Wildman–Crippen MR) is 73.5 cm³/mol. The fraction of sp³-hybridized carbons (Fsp3) is 0.231. The zero-order valence-electron chi connectivity index (χ0n) is 10.6. The average molecular weight is 279 g/mol. The van der Waals surface area contributed by atoms with Gasteiger partial charge >= 0.3 is 0 Å². The van der Waals surface area contributed by atoms with E-state index in [0.717, 1.165) is 16.9 Å². The van der Waals surface area contributed by atoms with Gasteiger partial charge in [-0.25, -0.2) is 9.37 Å². The number of nitrogens with zero attached hydrogens (tertiary/aromatic N) is 1. The number of hydrogen-bond donors (Lipinski definition) is 2. The molecule has 0 bridgehead atoms. The number of thiazole rings is 1. The zero-order chi connectivity index (χ0) is 14.0. The van der Waals surface area contributed by atoms with Gasteiger partial charge in [-0.3, -0.25) is 4.79 Å². The van der Waals surface area contributed by atoms with E-state index in [9.17, 15) is 9.18 Å². The second-order valence-corrected chi connectivity index (χ2v) is 5.24. The Balaban J connectivity index is 2.10. The minimum absolute atomic E-state index is 0.212. The molecule has 3 N–H and O–H groups in total. The van der Waals surface area contributed by atoms with Gasteiger partial charge in [0.2, 0.25) is 0 Å². The Morgan fingerprint density at radius 3 is 2.58 bits per heavy atom. The van der Waals surface area contributed by atoms with Crippen LogP contribution in [0.25, 0.3) is 0 Å². The molecule has 2 aromatic rings. The minimum atomic E-state index is -0.298. The van der Waals surface area contributed by atoms with Crippen molar-refractivity contribution < 1.29 is 9.18 Å². The lowest BCUT2D eigenvalue weighted by molar-refractivity contribution is 0.0943. The molecule has 1 aromatic heterocycles. The summed E-state index contributed by atoms with van der Waals surface area (Å²) in [5.74, 6) is -0.517. The molecule has 0 aliphatic rings. The summed E-state index contributed by atoms with van der Waals surface area (Å²) in [6.45, 7) is 3.58. The molecular weight excluding hydrogens is 265 g/mol. The lowest BCUT2D eigenvalue weighted by Gasteiger charge is -2.13. The first kappa shape index (κ1) is 13.5. The van der Waals surface area contributed by atoms with E-state index in [-0.39, 0.29) is 17.8 Å². The molecular formula is C13H14FN3OS. The van der Waals surface area contributed by atoms with E-state index in [1.807, 2.05) is 6.92 Å². The van der Waals surface area contributed by atoms with E-state index >= 15 is 0 Å². The van der Waals surface area contributed by atoms with Crippen LogP contribution in [0.15, 0.2) is 24.3 Å². The van der Waals surface area contributed by atoms with Gasteiger partial charge in [0.15, 0.2) is 5.13 Å². The Labute approximate surface area is 114 Å². The summed E-state index contributed by atoms with van der Waals surface area (Å²) in [4.78, 5) is 16.6. The molecule has 0 radical (unpaired) electrons. The largest absolute Gasteiger partial charge is 0.375 e. The maximum Gasteiger partial charge on any atom is 0.263 e. The van der Waals surface area contributed by atoms with Gasteiger partial charge < -0.3 is 11.1 Å². The molecule has 100 valence electrons. The molecule has 1 atom stereocenters. The summed E-state index contributed by atoms with van der Waals surface area (Å²) in [5, 5.41) is 3.21. The second kappa shape index (κ2) is 5.36. The van der Waals surface area contributed by atoms with Gasteiger partial charge in [-0.2, -0.15) is 0 Å². The number of nitrogens with two attached hydrogens (primary N) is 1. The minimum Gasteiger partial charge on any atom is -0.375 e. The molecule has 0 spiro atoms. The number of aromatic nitrogens is 1. The summed E-state index contributed by atoms with van der Waals surface area (Å²) >= 11 is 1.16. The maximum absolute atomic E-state index is 12.8. The number of carbonyl (C=O) groups is 1. The van der Waals surface area contributed by atoms with Gasteiger partial charge in [0.05, 0.1) is 11.7 Å². The fourth-order valence-electron chi connectivity index (χ4n) is 1.72. The summed E-state index contributed by atoms with van der Waals surface area (Å²) in [6.07, 6.45) is 0. The van der Waals surface area contributed by atoms with Gasteiger partial charge in [-0.1, -0.05) is 23.5 Å². The van der Waals surface area contributed by atoms with Crippen molar-refractivity contribution >= 4 is 22.4 Å². The van der Waals surface area contributed by atoms with Crippen molar-refractivity contribution in [2.45, 2.75) is 19.9 Å². The highest BCUT2D eigenvalue weighted by atomic mass is 32.1. The number of rotatable bonds is 3. The number of halogens is 1. The Kier molecular flexibility index (Phi) is 3.80. The molecule has 0 unspecified atom stereocenters. The first-order valence-corrected chi connectivity index (χ1v) is 6.58. The van der Waals surface area contributed by atoms with Crippen LogP contribution in [0.2, 0.25) is 0 Å². The Morgan fingerprint density at radius 1 is 1.42 bits per heavy atom. The van der Waals surface area contributed by atoms with Crippen LogP contribution < -0.4 is 11.1 Å². The van der Waals surface area contributed by atoms with Crippen LogP contribution in [0.4, 0.5) is 9.52 Å². The summed E-state index contributed by atoms with van der Waals surface area (Å²) < 4.78 is 12.8. The molecule has 0 aliphatic carbocycles. The highest BCUT2D eigenvalue weighted by Crippen LogP contribution is 2.21. The summed E-state index contributed by atoms with van der Waals surface area (Å²) in [7, 11) is 0. The van der Waals surface area contributed by atoms with Gasteiger partial charge in [0, 0.05) is 0 Å². The van der Waals surface area contributed by atoms with Gasteiger partial charge in [-0.05, 0) is 31.5 Å². The average Bonchev–Trinajstić information content (AvgIpc) is 2.69. The van der Waals surface area contributed by atoms with E-state index in [0.29, 0.717) is 15.7 Å². The van der Waals surface area contributed by atoms with Crippen molar-refractivity contribution in [1.82, 2.24) is 10.3 Å². The van der Waals surface area contributed by atoms with Crippen molar-refractivity contribution in [1.29, 1.82) is 0 Å². The number of anilines is 1. The van der Waals surface area contributed by atoms with E-state index in [2.05, 4.69) is 10.3 Å². The second-order valence-electron chi connectivity index (χ2n) is 4.21. The SMILES string of the molecule is Cc1nc(N)sc1C(=O)N[C@@H](C)c1ccc(F)cc1. The van der Waals surface area contributed by atoms with Crippen LogP contribution in [0.5, 0.6) is 0 Å². The Bertz CT molecular complexity index is 594. The van der Waals surface area contributed by atoms with Gasteiger partial charge in [0.1, 0.15) is 10.7 Å². The molecule has 1 amide bonds. The van der Waals surface area contributed by atoms with Gasteiger partial charge in [0.25, 0.3) is 5.91 Å². The molecule has 0 aliphatic heterocycles. The van der Waals surface area contributed by atoms with Crippen LogP contribution in [0.3, 0.4) is 0 Å². The van der Waals surface area contributed by atoms with Crippen LogP contribution in [-0.4, -0.2) is 10.9 Å². The first-order chi connectivity index (χ1) is 8.97. The molecule has 0 saturated heterocycles. The van der Waals surface area contributed by atoms with Crippen molar-refractivity contribution in [3.8, 4) is 0 Å². The quantitative estimate of drug-likeness (QED) is 0.907. The van der Waals surface area contributed by atoms with Crippen molar-refractivity contribution in [2.75, 3.05) is 5.73 Å². The lowest BCUT2D eigenvalue weighted by Crippen LogP contribution is -2.26. The molecule has 2 rings (SSSR count). The maximum atomic E-state index is 12.8. The number of nitrogen functional groups attached to an aromatic ring is 1. The van der Waals surface area contributed by atoms with Crippen LogP contribution in [0.1, 0.15) is 33.9 Å². The monoisotopic (exact) mass is 279 g/mol. The summed E-state index contributed by atoms with van der Waals surface area (Å²) in [6, 6.07) is 5.82. The van der Waals surface area contributed by atoms with Crippen LogP contribution in [0, 0.1) is 12.7 Å². The highest BCUT2D eigenvalue weighted by Gasteiger charge is 2.16. The van der Waals surface area contributed by atoms with E-state index < -0.39 is 0 Å². The number of amides is 1. The van der Waals surface area contributed by atoms with Gasteiger partial charge in [-0.15, -0.1) is 0 Å². The highest BCUT2D eigenvalue weighted by molar-refractivity contribution is 7.17. The first-order valence-electron chi connectivity index (χ1n) is 5.76. The number of carbonyl (C=O) groups excluding carboxylic acids is 1. The zero-order valence-corrected chi connectivity index (χ0v) is 11.4. The van der Waals surface area contributed by atoms with Crippen molar-refractivity contribution in [3.63, 3.8) is 0 Å². The standard InChI is InChI=1S/C13H14FN3OS/c1-7(9-3-5-10(14)6-4-9)16-12(18)11-8(2)17-13(15)19-11/h3-7H,1-2H3,(H2,15,17)(H,16,18)/t7-/m0/s1. The number of aryl methyl sites for hydroxylation is 1. The molecule has 0 saturated carbocycles. The molecule has 4 nitrogen and oxygen atoms in total. The molecule has 1 heterocycles. The Hall–Kier alpha value is -1.95. The predicted octanol–water partition coefficient (Wildman–Crippen LogP) is 2.66.